The molecular formula is C13H9ClN2O. The number of hydrogen-bond donors (Lipinski definition) is 0. The number of hydrogen-bond acceptors (Lipinski definition) is 3. The molecule has 17 heavy (non-hydrogen) atoms. The molecule has 0 amide bonds. The summed E-state index contributed by atoms with van der Waals surface area (Å²) in [6, 6.07) is 9.39. The maximum Gasteiger partial charge on any atom is 0.228 e. The van der Waals surface area contributed by atoms with Gasteiger partial charge in [0.1, 0.15) is 0 Å². The van der Waals surface area contributed by atoms with Gasteiger partial charge in [0.2, 0.25) is 5.89 Å². The summed E-state index contributed by atoms with van der Waals surface area (Å²) in [5, 5.41) is 0.706. The van der Waals surface area contributed by atoms with Crippen molar-refractivity contribution in [3.8, 4) is 11.5 Å². The minimum Gasteiger partial charge on any atom is -0.434 e. The van der Waals surface area contributed by atoms with Crippen molar-refractivity contribution in [1.82, 2.24) is 9.97 Å². The van der Waals surface area contributed by atoms with Gasteiger partial charge in [-0.25, -0.2) is 4.98 Å². The molecule has 0 aliphatic rings. The predicted octanol–water partition coefficient (Wildman–Crippen LogP) is 3.85. The molecule has 0 aliphatic heterocycles. The Bertz CT molecular complexity index is 658. The Balaban J connectivity index is 2.17. The number of aromatic nitrogens is 2. The van der Waals surface area contributed by atoms with Crippen molar-refractivity contribution >= 4 is 22.8 Å². The van der Waals surface area contributed by atoms with Crippen molar-refractivity contribution in [3.63, 3.8) is 0 Å². The molecule has 3 rings (SSSR count). The van der Waals surface area contributed by atoms with Gasteiger partial charge in [0.05, 0.1) is 0 Å². The lowest BCUT2D eigenvalue weighted by Gasteiger charge is -1.99. The summed E-state index contributed by atoms with van der Waals surface area (Å²) < 4.78 is 5.62. The van der Waals surface area contributed by atoms with Crippen LogP contribution in [0.3, 0.4) is 0 Å². The highest BCUT2D eigenvalue weighted by molar-refractivity contribution is 6.31. The van der Waals surface area contributed by atoms with Gasteiger partial charge in [0, 0.05) is 16.8 Å². The number of benzene rings is 1. The minimum atomic E-state index is 0.542. The van der Waals surface area contributed by atoms with E-state index < -0.39 is 0 Å². The van der Waals surface area contributed by atoms with E-state index in [0.29, 0.717) is 22.1 Å². The number of aryl methyl sites for hydroxylation is 1. The first-order chi connectivity index (χ1) is 8.24. The van der Waals surface area contributed by atoms with Crippen LogP contribution in [0.4, 0.5) is 0 Å². The van der Waals surface area contributed by atoms with E-state index in [9.17, 15) is 0 Å². The second-order valence-electron chi connectivity index (χ2n) is 3.81. The van der Waals surface area contributed by atoms with Crippen LogP contribution in [-0.2, 0) is 0 Å². The molecule has 84 valence electrons. The summed E-state index contributed by atoms with van der Waals surface area (Å²) >= 11 is 6.08. The van der Waals surface area contributed by atoms with E-state index in [1.165, 1.54) is 0 Å². The summed E-state index contributed by atoms with van der Waals surface area (Å²) in [7, 11) is 0. The van der Waals surface area contributed by atoms with E-state index in [-0.39, 0.29) is 0 Å². The maximum absolute atomic E-state index is 6.08. The predicted molar refractivity (Wildman–Crippen MR) is 67.0 cm³/mol. The fourth-order valence-electron chi connectivity index (χ4n) is 1.62. The fraction of sp³-hybridized carbons (Fsp3) is 0.0769. The first-order valence-corrected chi connectivity index (χ1v) is 5.60. The Morgan fingerprint density at radius 1 is 1.24 bits per heavy atom. The van der Waals surface area contributed by atoms with Gasteiger partial charge in [-0.3, -0.25) is 0 Å². The highest BCUT2D eigenvalue weighted by Crippen LogP contribution is 2.26. The monoisotopic (exact) mass is 244 g/mol. The molecule has 0 atom stereocenters. The lowest BCUT2D eigenvalue weighted by atomic mass is 10.1. The van der Waals surface area contributed by atoms with Crippen molar-refractivity contribution in [2.75, 3.05) is 0 Å². The molecule has 0 saturated carbocycles. The molecule has 0 N–H and O–H groups in total. The molecule has 0 unspecified atom stereocenters. The number of pyridine rings is 1. The van der Waals surface area contributed by atoms with Crippen LogP contribution in [-0.4, -0.2) is 9.97 Å². The number of nitrogens with zero attached hydrogens (tertiary/aromatic N) is 2. The molecule has 0 saturated heterocycles. The van der Waals surface area contributed by atoms with Crippen LogP contribution >= 0.6 is 11.6 Å². The van der Waals surface area contributed by atoms with Crippen LogP contribution in [0.2, 0.25) is 5.02 Å². The number of oxazole rings is 1. The second kappa shape index (κ2) is 3.86. The van der Waals surface area contributed by atoms with E-state index >= 15 is 0 Å². The molecule has 4 heteroatoms. The molecule has 3 nitrogen and oxygen atoms in total. The molecular weight excluding hydrogens is 236 g/mol. The van der Waals surface area contributed by atoms with Crippen molar-refractivity contribution in [3.05, 3.63) is 47.1 Å². The highest BCUT2D eigenvalue weighted by atomic mass is 35.5. The van der Waals surface area contributed by atoms with Gasteiger partial charge >= 0.3 is 0 Å². The molecule has 0 fully saturated rings. The van der Waals surface area contributed by atoms with E-state index in [4.69, 9.17) is 16.0 Å². The maximum atomic E-state index is 6.08. The summed E-state index contributed by atoms with van der Waals surface area (Å²) in [5.41, 5.74) is 3.18. The molecule has 3 aromatic rings. The molecule has 2 heterocycles. The van der Waals surface area contributed by atoms with Gasteiger partial charge in [-0.1, -0.05) is 17.7 Å². The lowest BCUT2D eigenvalue weighted by molar-refractivity contribution is 0.619. The molecule has 2 aromatic heterocycles. The standard InChI is InChI=1S/C13H9ClN2O/c1-8-4-5-9(7-10(8)14)13-16-12-11(17-13)3-2-6-15-12/h2-7H,1H3. The Morgan fingerprint density at radius 2 is 2.12 bits per heavy atom. The van der Waals surface area contributed by atoms with Gasteiger partial charge < -0.3 is 4.42 Å². The van der Waals surface area contributed by atoms with E-state index in [1.807, 2.05) is 37.3 Å². The Kier molecular flexibility index (Phi) is 2.34. The topological polar surface area (TPSA) is 38.9 Å². The zero-order valence-corrected chi connectivity index (χ0v) is 9.90. The zero-order chi connectivity index (χ0) is 11.8. The summed E-state index contributed by atoms with van der Waals surface area (Å²) in [4.78, 5) is 8.45. The smallest absolute Gasteiger partial charge is 0.228 e. The summed E-state index contributed by atoms with van der Waals surface area (Å²) in [5.74, 6) is 0.542. The molecule has 1 aromatic carbocycles. The Labute approximate surface area is 103 Å². The van der Waals surface area contributed by atoms with E-state index in [0.717, 1.165) is 11.1 Å². The third-order valence-electron chi connectivity index (χ3n) is 2.58. The normalized spacial score (nSPS) is 10.9. The number of halogens is 1. The zero-order valence-electron chi connectivity index (χ0n) is 9.14. The average Bonchev–Trinajstić information content (AvgIpc) is 2.76. The number of rotatable bonds is 1. The SMILES string of the molecule is Cc1ccc(-c2nc3ncccc3o2)cc1Cl. The third-order valence-corrected chi connectivity index (χ3v) is 2.99. The highest BCUT2D eigenvalue weighted by Gasteiger charge is 2.09. The van der Waals surface area contributed by atoms with Crippen molar-refractivity contribution < 1.29 is 4.42 Å². The van der Waals surface area contributed by atoms with Gasteiger partial charge in [-0.15, -0.1) is 0 Å². The summed E-state index contributed by atoms with van der Waals surface area (Å²) in [6.07, 6.45) is 1.69. The first-order valence-electron chi connectivity index (χ1n) is 5.22. The van der Waals surface area contributed by atoms with Crippen LogP contribution in [0.5, 0.6) is 0 Å². The van der Waals surface area contributed by atoms with Crippen LogP contribution in [0, 0.1) is 6.92 Å². The van der Waals surface area contributed by atoms with Gasteiger partial charge in [-0.2, -0.15) is 4.98 Å². The van der Waals surface area contributed by atoms with Crippen molar-refractivity contribution in [2.24, 2.45) is 0 Å². The molecule has 0 bridgehead atoms. The van der Waals surface area contributed by atoms with E-state index in [1.54, 1.807) is 6.20 Å². The van der Waals surface area contributed by atoms with Crippen LogP contribution in [0.1, 0.15) is 5.56 Å². The molecule has 0 aliphatic carbocycles. The van der Waals surface area contributed by atoms with E-state index in [2.05, 4.69) is 9.97 Å². The molecule has 0 radical (unpaired) electrons. The molecule has 0 spiro atoms. The van der Waals surface area contributed by atoms with Crippen molar-refractivity contribution in [1.29, 1.82) is 0 Å². The Morgan fingerprint density at radius 3 is 2.88 bits per heavy atom. The summed E-state index contributed by atoms with van der Waals surface area (Å²) in [6.45, 7) is 1.96. The Hall–Kier alpha value is -1.87. The van der Waals surface area contributed by atoms with Crippen LogP contribution in [0.25, 0.3) is 22.7 Å². The third kappa shape index (κ3) is 1.78. The number of fused-ring (bicyclic) bond motifs is 1. The average molecular weight is 245 g/mol. The first kappa shape index (κ1) is 10.3. The van der Waals surface area contributed by atoms with Gasteiger partial charge in [0.15, 0.2) is 11.2 Å². The minimum absolute atomic E-state index is 0.542. The van der Waals surface area contributed by atoms with Gasteiger partial charge in [-0.05, 0) is 36.8 Å². The quantitative estimate of drug-likeness (QED) is 0.653. The van der Waals surface area contributed by atoms with Gasteiger partial charge in [0.25, 0.3) is 0 Å². The van der Waals surface area contributed by atoms with Crippen molar-refractivity contribution in [2.45, 2.75) is 6.92 Å². The second-order valence-corrected chi connectivity index (χ2v) is 4.22. The van der Waals surface area contributed by atoms with Crippen LogP contribution < -0.4 is 0 Å². The lowest BCUT2D eigenvalue weighted by Crippen LogP contribution is -1.80. The largest absolute Gasteiger partial charge is 0.434 e. The van der Waals surface area contributed by atoms with Crippen LogP contribution in [0.15, 0.2) is 40.9 Å². The fourth-order valence-corrected chi connectivity index (χ4v) is 1.80.